The van der Waals surface area contributed by atoms with Crippen molar-refractivity contribution in [3.8, 4) is 0 Å². The van der Waals surface area contributed by atoms with E-state index in [2.05, 4.69) is 52.2 Å². The molecule has 0 atom stereocenters. The lowest BCUT2D eigenvalue weighted by Crippen LogP contribution is -2.56. The fourth-order valence-corrected chi connectivity index (χ4v) is 20.0. The molecule has 0 saturated carbocycles. The van der Waals surface area contributed by atoms with Crippen molar-refractivity contribution in [3.05, 3.63) is 109 Å². The van der Waals surface area contributed by atoms with Crippen molar-refractivity contribution in [2.75, 3.05) is 55.3 Å². The average Bonchev–Trinajstić information content (AvgIpc) is 3.12. The van der Waals surface area contributed by atoms with Crippen LogP contribution in [0.3, 0.4) is 0 Å². The summed E-state index contributed by atoms with van der Waals surface area (Å²) in [6.45, 7) is 20.6. The molecule has 3 aromatic carbocycles. The van der Waals surface area contributed by atoms with E-state index in [9.17, 15) is 14.4 Å². The van der Waals surface area contributed by atoms with Crippen LogP contribution in [0.25, 0.3) is 0 Å². The zero-order chi connectivity index (χ0) is 40.3. The quantitative estimate of drug-likeness (QED) is 0.0315. The number of rotatable bonds is 21. The van der Waals surface area contributed by atoms with Crippen LogP contribution >= 0.6 is 0 Å². The summed E-state index contributed by atoms with van der Waals surface area (Å²) < 4.78 is 13.8. The molecule has 0 aliphatic rings. The second-order valence-electron chi connectivity index (χ2n) is 14.3. The van der Waals surface area contributed by atoms with Gasteiger partial charge in [-0.05, 0) is 95.1 Å². The van der Waals surface area contributed by atoms with Gasteiger partial charge in [0.25, 0.3) is 0 Å². The fraction of sp³-hybridized carbons (Fsp3) is 0.385. The van der Waals surface area contributed by atoms with Crippen LogP contribution in [-0.4, -0.2) is 92.4 Å². The molecule has 0 aromatic heterocycles. The van der Waals surface area contributed by atoms with E-state index in [1.165, 1.54) is 0 Å². The Morgan fingerprint density at radius 2 is 1.24 bits per heavy atom. The Kier molecular flexibility index (Phi) is 18.1. The third kappa shape index (κ3) is 16.4. The first-order chi connectivity index (χ1) is 26.1. The Morgan fingerprint density at radius 3 is 1.76 bits per heavy atom. The Balaban J connectivity index is 0.0000108. The maximum absolute atomic E-state index is 13.7. The van der Waals surface area contributed by atoms with Crippen LogP contribution in [0.4, 0.5) is 31.4 Å². The molecule has 13 nitrogen and oxygen atoms in total. The first-order valence-electron chi connectivity index (χ1n) is 18.6. The first kappa shape index (κ1) is 44.9. The summed E-state index contributed by atoms with van der Waals surface area (Å²) in [7, 11) is -7.94. The third-order valence-corrected chi connectivity index (χ3v) is 19.5. The van der Waals surface area contributed by atoms with E-state index in [0.717, 1.165) is 6.04 Å². The van der Waals surface area contributed by atoms with Crippen molar-refractivity contribution >= 4 is 60.4 Å². The number of carbonyl (C=O) groups is 3. The van der Waals surface area contributed by atoms with Crippen LogP contribution in [0, 0.1) is 0 Å². The Bertz CT molecular complexity index is 1700. The minimum Gasteiger partial charge on any atom is -0.437 e. The second kappa shape index (κ2) is 22.1. The number of amides is 6. The molecule has 300 valence electrons. The molecule has 3 rings (SSSR count). The zero-order valence-corrected chi connectivity index (χ0v) is 36.4. The summed E-state index contributed by atoms with van der Waals surface area (Å²) in [5, 5.41) is 12.2. The van der Waals surface area contributed by atoms with E-state index >= 15 is 0 Å². The second-order valence-corrected chi connectivity index (χ2v) is 26.3. The van der Waals surface area contributed by atoms with Crippen LogP contribution < -0.4 is 26.7 Å². The van der Waals surface area contributed by atoms with Gasteiger partial charge >= 0.3 is 26.7 Å². The number of urea groups is 3. The minimum absolute atomic E-state index is 0. The normalized spacial score (nSPS) is 11.5. The summed E-state index contributed by atoms with van der Waals surface area (Å²) in [6.07, 6.45) is 0.695. The highest BCUT2D eigenvalue weighted by molar-refractivity contribution is 6.90. The Hall–Kier alpha value is -4.52. The van der Waals surface area contributed by atoms with Gasteiger partial charge in [0.05, 0.1) is 11.9 Å². The first-order valence-corrected chi connectivity index (χ1v) is 27.5. The van der Waals surface area contributed by atoms with Gasteiger partial charge in [0, 0.05) is 51.2 Å². The molecule has 0 spiro atoms. The molecule has 55 heavy (non-hydrogen) atoms. The highest BCUT2D eigenvalue weighted by atomic mass is 28.5. The number of hydrogen-bond acceptors (Lipinski definition) is 7. The van der Waals surface area contributed by atoms with Crippen LogP contribution in [0.1, 0.15) is 14.8 Å². The molecule has 3 aromatic rings. The molecule has 0 aliphatic heterocycles. The van der Waals surface area contributed by atoms with Crippen molar-refractivity contribution in [1.82, 2.24) is 20.6 Å². The van der Waals surface area contributed by atoms with Crippen molar-refractivity contribution in [3.63, 3.8) is 0 Å². The average molecular weight is 808 g/mol. The minimum atomic E-state index is -2.83. The standard InChI is InChI=1S/C39H59N7O6Si3.H2/c1-9-36(46(31-28-41-50-10-2)39(49)44-35-25-18-13-19-26-35)54(5,6)52-55(7,8)51-53(3,4)32-20-29-45(38(48)43-34-23-16-12-17-24-34)30-27-40-37(47)42-33-21-14-11-15-22-33;/h11-19,21-26,41H,1,10,20,27-32H2,2-8H3,(H,43,48)(H,44,49)(H2,40,42,47);1H. The van der Waals surface area contributed by atoms with Gasteiger partial charge in [-0.3, -0.25) is 4.90 Å². The number of nitrogens with zero attached hydrogens (tertiary/aromatic N) is 2. The third-order valence-electron chi connectivity index (χ3n) is 8.20. The van der Waals surface area contributed by atoms with Crippen LogP contribution in [-0.2, 0) is 13.1 Å². The molecule has 0 bridgehead atoms. The number of benzene rings is 3. The van der Waals surface area contributed by atoms with Crippen LogP contribution in [0.2, 0.25) is 45.3 Å². The predicted molar refractivity (Wildman–Crippen MR) is 231 cm³/mol. The molecule has 0 aliphatic carbocycles. The lowest BCUT2D eigenvalue weighted by Gasteiger charge is -2.41. The monoisotopic (exact) mass is 807 g/mol. The number of hydrogen-bond donors (Lipinski definition) is 5. The van der Waals surface area contributed by atoms with E-state index in [0.29, 0.717) is 61.6 Å². The summed E-state index contributed by atoms with van der Waals surface area (Å²) in [5.41, 5.74) is 7.99. The highest BCUT2D eigenvalue weighted by Gasteiger charge is 2.44. The molecule has 0 saturated heterocycles. The number of anilines is 3. The highest BCUT2D eigenvalue weighted by Crippen LogP contribution is 2.29. The van der Waals surface area contributed by atoms with Gasteiger partial charge in [0.2, 0.25) is 8.32 Å². The van der Waals surface area contributed by atoms with E-state index in [4.69, 9.17) is 13.1 Å². The predicted octanol–water partition coefficient (Wildman–Crippen LogP) is 8.41. The fourth-order valence-electron chi connectivity index (χ4n) is 6.13. The van der Waals surface area contributed by atoms with E-state index in [1.807, 2.05) is 124 Å². The molecular formula is C39H61N7O6Si3. The topological polar surface area (TPSA) is 146 Å². The summed E-state index contributed by atoms with van der Waals surface area (Å²) in [5.74, 6) is 0. The van der Waals surface area contributed by atoms with Crippen molar-refractivity contribution in [2.24, 2.45) is 0 Å². The molecule has 6 amide bonds. The van der Waals surface area contributed by atoms with Gasteiger partial charge < -0.3 is 39.2 Å². The van der Waals surface area contributed by atoms with Crippen LogP contribution in [0.15, 0.2) is 109 Å². The van der Waals surface area contributed by atoms with Gasteiger partial charge in [0.1, 0.15) is 0 Å². The smallest absolute Gasteiger partial charge is 0.326 e. The summed E-state index contributed by atoms with van der Waals surface area (Å²) >= 11 is 0. The number of hydroxylamine groups is 1. The number of nitrogens with one attached hydrogen (secondary N) is 5. The van der Waals surface area contributed by atoms with Gasteiger partial charge in [-0.15, -0.1) is 5.73 Å². The molecular weight excluding hydrogens is 747 g/mol. The lowest BCUT2D eigenvalue weighted by atomic mass is 10.3. The van der Waals surface area contributed by atoms with Gasteiger partial charge in [-0.2, -0.15) is 0 Å². The van der Waals surface area contributed by atoms with Gasteiger partial charge in [-0.25, -0.2) is 19.9 Å². The van der Waals surface area contributed by atoms with Crippen molar-refractivity contribution < 1.29 is 28.9 Å². The SMILES string of the molecule is C=C=C(N(CCNOCC)C(=O)Nc1ccccc1)[Si](C)(C)O[Si](C)(C)O[Si](C)(C)CCCN(CCNC(=O)Nc1ccccc1)C(=O)Nc1ccccc1.[HH]. The Labute approximate surface area is 331 Å². The summed E-state index contributed by atoms with van der Waals surface area (Å²) in [4.78, 5) is 48.3. The lowest BCUT2D eigenvalue weighted by molar-refractivity contribution is 0.0487. The van der Waals surface area contributed by atoms with E-state index in [-0.39, 0.29) is 26.1 Å². The molecule has 0 fully saturated rings. The molecule has 0 heterocycles. The van der Waals surface area contributed by atoms with E-state index in [1.54, 1.807) is 9.80 Å². The van der Waals surface area contributed by atoms with Gasteiger partial charge in [0.15, 0.2) is 8.32 Å². The van der Waals surface area contributed by atoms with Crippen molar-refractivity contribution in [2.45, 2.75) is 58.7 Å². The zero-order valence-electron chi connectivity index (χ0n) is 33.4. The number of para-hydroxylation sites is 3. The maximum Gasteiger partial charge on any atom is 0.326 e. The van der Waals surface area contributed by atoms with E-state index < -0.39 is 25.2 Å². The maximum atomic E-state index is 13.7. The molecule has 5 N–H and O–H groups in total. The molecule has 0 radical (unpaired) electrons. The van der Waals surface area contributed by atoms with Gasteiger partial charge in [-0.1, -0.05) is 61.2 Å². The molecule has 16 heteroatoms. The van der Waals surface area contributed by atoms with Crippen molar-refractivity contribution in [1.29, 1.82) is 0 Å². The number of carbonyl (C=O) groups excluding carboxylic acids is 3. The largest absolute Gasteiger partial charge is 0.437 e. The van der Waals surface area contributed by atoms with Crippen LogP contribution in [0.5, 0.6) is 0 Å². The Morgan fingerprint density at radius 1 is 0.709 bits per heavy atom. The summed E-state index contributed by atoms with van der Waals surface area (Å²) in [6, 6.07) is 27.6. The molecule has 0 unspecified atom stereocenters.